The van der Waals surface area contributed by atoms with Gasteiger partial charge >= 0.3 is 0 Å². The maximum Gasteiger partial charge on any atom is 0.160 e. The standard InChI is InChI=1S/C15H25NO2/c1-15(2,3)16(4)10-9-12-7-8-13(17-5)14(11-12)18-6/h7-8,11H,9-10H2,1-6H3. The number of methoxy groups -OCH3 is 2. The number of likely N-dealkylation sites (N-methyl/N-ethyl adjacent to an activating group) is 1. The van der Waals surface area contributed by atoms with Gasteiger partial charge in [-0.15, -0.1) is 0 Å². The molecular formula is C15H25NO2. The van der Waals surface area contributed by atoms with Crippen LogP contribution in [0.2, 0.25) is 0 Å². The van der Waals surface area contributed by atoms with Crippen molar-refractivity contribution in [3.05, 3.63) is 23.8 Å². The molecule has 0 aromatic heterocycles. The van der Waals surface area contributed by atoms with Crippen LogP contribution in [0.5, 0.6) is 11.5 Å². The van der Waals surface area contributed by atoms with Crippen LogP contribution in [0.25, 0.3) is 0 Å². The summed E-state index contributed by atoms with van der Waals surface area (Å²) in [5, 5.41) is 0. The Morgan fingerprint density at radius 1 is 1.06 bits per heavy atom. The molecule has 1 aromatic rings. The Balaban J connectivity index is 2.69. The highest BCUT2D eigenvalue weighted by molar-refractivity contribution is 5.42. The van der Waals surface area contributed by atoms with Crippen LogP contribution in [0.15, 0.2) is 18.2 Å². The largest absolute Gasteiger partial charge is 0.493 e. The highest BCUT2D eigenvalue weighted by Crippen LogP contribution is 2.27. The summed E-state index contributed by atoms with van der Waals surface area (Å²) in [5.41, 5.74) is 1.47. The zero-order chi connectivity index (χ0) is 13.8. The molecule has 0 radical (unpaired) electrons. The second-order valence-corrected chi connectivity index (χ2v) is 5.53. The number of ether oxygens (including phenoxy) is 2. The van der Waals surface area contributed by atoms with E-state index in [9.17, 15) is 0 Å². The van der Waals surface area contributed by atoms with E-state index in [1.54, 1.807) is 14.2 Å². The molecule has 0 bridgehead atoms. The molecule has 0 unspecified atom stereocenters. The van der Waals surface area contributed by atoms with Crippen molar-refractivity contribution in [2.75, 3.05) is 27.8 Å². The normalized spacial score (nSPS) is 11.7. The fourth-order valence-electron chi connectivity index (χ4n) is 1.67. The Bertz CT molecular complexity index is 383. The van der Waals surface area contributed by atoms with Crippen molar-refractivity contribution in [3.63, 3.8) is 0 Å². The van der Waals surface area contributed by atoms with Crippen LogP contribution in [-0.4, -0.2) is 38.3 Å². The summed E-state index contributed by atoms with van der Waals surface area (Å²) in [4.78, 5) is 2.35. The lowest BCUT2D eigenvalue weighted by Crippen LogP contribution is -2.39. The van der Waals surface area contributed by atoms with Crippen LogP contribution < -0.4 is 9.47 Å². The summed E-state index contributed by atoms with van der Waals surface area (Å²) >= 11 is 0. The van der Waals surface area contributed by atoms with Crippen molar-refractivity contribution in [2.24, 2.45) is 0 Å². The average Bonchev–Trinajstić information content (AvgIpc) is 2.34. The van der Waals surface area contributed by atoms with Gasteiger partial charge < -0.3 is 14.4 Å². The molecule has 0 atom stereocenters. The van der Waals surface area contributed by atoms with Gasteiger partial charge in [0.2, 0.25) is 0 Å². The van der Waals surface area contributed by atoms with Crippen LogP contribution in [0.1, 0.15) is 26.3 Å². The second-order valence-electron chi connectivity index (χ2n) is 5.53. The van der Waals surface area contributed by atoms with Crippen molar-refractivity contribution >= 4 is 0 Å². The van der Waals surface area contributed by atoms with E-state index in [1.165, 1.54) is 5.56 Å². The molecule has 0 aliphatic carbocycles. The molecule has 0 spiro atoms. The highest BCUT2D eigenvalue weighted by atomic mass is 16.5. The first-order valence-electron chi connectivity index (χ1n) is 6.30. The van der Waals surface area contributed by atoms with E-state index in [1.807, 2.05) is 6.07 Å². The Morgan fingerprint density at radius 2 is 1.67 bits per heavy atom. The SMILES string of the molecule is COc1ccc(CCN(C)C(C)(C)C)cc1OC. The Kier molecular flexibility index (Phi) is 5.03. The fourth-order valence-corrected chi connectivity index (χ4v) is 1.67. The Morgan fingerprint density at radius 3 is 2.17 bits per heavy atom. The molecule has 1 rings (SSSR count). The lowest BCUT2D eigenvalue weighted by Gasteiger charge is -2.31. The number of hydrogen-bond donors (Lipinski definition) is 0. The molecule has 0 saturated heterocycles. The summed E-state index contributed by atoms with van der Waals surface area (Å²) in [6.07, 6.45) is 1.01. The first-order chi connectivity index (χ1) is 8.38. The van der Waals surface area contributed by atoms with Gasteiger partial charge in [0.15, 0.2) is 11.5 Å². The predicted octanol–water partition coefficient (Wildman–Crippen LogP) is 2.98. The van der Waals surface area contributed by atoms with Gasteiger partial charge in [0, 0.05) is 12.1 Å². The minimum atomic E-state index is 0.205. The van der Waals surface area contributed by atoms with Crippen LogP contribution in [0.3, 0.4) is 0 Å². The number of rotatable bonds is 5. The minimum Gasteiger partial charge on any atom is -0.493 e. The smallest absolute Gasteiger partial charge is 0.160 e. The summed E-state index contributed by atoms with van der Waals surface area (Å²) < 4.78 is 10.5. The van der Waals surface area contributed by atoms with E-state index in [-0.39, 0.29) is 5.54 Å². The first-order valence-corrected chi connectivity index (χ1v) is 6.30. The van der Waals surface area contributed by atoms with E-state index in [4.69, 9.17) is 9.47 Å². The summed E-state index contributed by atoms with van der Waals surface area (Å²) in [6, 6.07) is 6.11. The van der Waals surface area contributed by atoms with Crippen molar-refractivity contribution in [1.29, 1.82) is 0 Å². The van der Waals surface area contributed by atoms with Crippen LogP contribution in [0, 0.1) is 0 Å². The maximum atomic E-state index is 5.31. The van der Waals surface area contributed by atoms with Gasteiger partial charge in [-0.2, -0.15) is 0 Å². The zero-order valence-corrected chi connectivity index (χ0v) is 12.4. The first kappa shape index (κ1) is 14.8. The lowest BCUT2D eigenvalue weighted by molar-refractivity contribution is 0.178. The summed E-state index contributed by atoms with van der Waals surface area (Å²) in [6.45, 7) is 7.70. The van der Waals surface area contributed by atoms with Crippen molar-refractivity contribution in [2.45, 2.75) is 32.7 Å². The predicted molar refractivity (Wildman–Crippen MR) is 75.6 cm³/mol. The average molecular weight is 251 g/mol. The monoisotopic (exact) mass is 251 g/mol. The highest BCUT2D eigenvalue weighted by Gasteiger charge is 2.16. The molecular weight excluding hydrogens is 226 g/mol. The van der Waals surface area contributed by atoms with E-state index < -0.39 is 0 Å². The van der Waals surface area contributed by atoms with Crippen LogP contribution in [-0.2, 0) is 6.42 Å². The molecule has 0 saturated carbocycles. The van der Waals surface area contributed by atoms with Gasteiger partial charge in [-0.25, -0.2) is 0 Å². The van der Waals surface area contributed by atoms with Crippen molar-refractivity contribution < 1.29 is 9.47 Å². The number of nitrogens with zero attached hydrogens (tertiary/aromatic N) is 1. The topological polar surface area (TPSA) is 21.7 Å². The number of hydrogen-bond acceptors (Lipinski definition) is 3. The maximum absolute atomic E-state index is 5.31. The second kappa shape index (κ2) is 6.10. The van der Waals surface area contributed by atoms with Crippen molar-refractivity contribution in [1.82, 2.24) is 4.90 Å². The van der Waals surface area contributed by atoms with Gasteiger partial charge in [-0.3, -0.25) is 0 Å². The van der Waals surface area contributed by atoms with E-state index in [0.29, 0.717) is 0 Å². The minimum absolute atomic E-state index is 0.205. The van der Waals surface area contributed by atoms with E-state index in [0.717, 1.165) is 24.5 Å². The van der Waals surface area contributed by atoms with Gasteiger partial charge in [0.05, 0.1) is 14.2 Å². The third-order valence-corrected chi connectivity index (χ3v) is 3.33. The molecule has 0 heterocycles. The van der Waals surface area contributed by atoms with E-state index in [2.05, 4.69) is 44.9 Å². The van der Waals surface area contributed by atoms with Crippen LogP contribution in [0.4, 0.5) is 0 Å². The van der Waals surface area contributed by atoms with Gasteiger partial charge in [0.25, 0.3) is 0 Å². The summed E-state index contributed by atoms with van der Waals surface area (Å²) in [5.74, 6) is 1.58. The lowest BCUT2D eigenvalue weighted by atomic mass is 10.1. The van der Waals surface area contributed by atoms with E-state index >= 15 is 0 Å². The van der Waals surface area contributed by atoms with Gasteiger partial charge in [-0.1, -0.05) is 6.07 Å². The molecule has 0 fully saturated rings. The number of benzene rings is 1. The summed E-state index contributed by atoms with van der Waals surface area (Å²) in [7, 11) is 5.48. The molecule has 102 valence electrons. The molecule has 3 heteroatoms. The van der Waals surface area contributed by atoms with Gasteiger partial charge in [-0.05, 0) is 51.9 Å². The molecule has 0 aliphatic heterocycles. The molecule has 0 N–H and O–H groups in total. The third kappa shape index (κ3) is 3.91. The molecule has 1 aromatic carbocycles. The third-order valence-electron chi connectivity index (χ3n) is 3.33. The molecule has 18 heavy (non-hydrogen) atoms. The fraction of sp³-hybridized carbons (Fsp3) is 0.600. The quantitative estimate of drug-likeness (QED) is 0.803. The zero-order valence-electron chi connectivity index (χ0n) is 12.4. The van der Waals surface area contributed by atoms with Crippen molar-refractivity contribution in [3.8, 4) is 11.5 Å². The Hall–Kier alpha value is -1.22. The molecule has 0 aliphatic rings. The van der Waals surface area contributed by atoms with Gasteiger partial charge in [0.1, 0.15) is 0 Å². The Labute approximate surface area is 111 Å². The van der Waals surface area contributed by atoms with Crippen LogP contribution >= 0.6 is 0 Å². The molecule has 0 amide bonds. The molecule has 3 nitrogen and oxygen atoms in total.